The van der Waals surface area contributed by atoms with Crippen molar-refractivity contribution in [2.75, 3.05) is 13.1 Å². The van der Waals surface area contributed by atoms with Crippen molar-refractivity contribution in [3.8, 4) is 0 Å². The summed E-state index contributed by atoms with van der Waals surface area (Å²) in [7, 11) is 0. The number of nitrogens with one attached hydrogen (secondary N) is 1. The number of hydrogen-bond donors (Lipinski definition) is 1. The fraction of sp³-hybridized carbons (Fsp3) is 0.909. The molecule has 0 spiro atoms. The van der Waals surface area contributed by atoms with Crippen molar-refractivity contribution >= 4 is 5.78 Å². The fourth-order valence-corrected chi connectivity index (χ4v) is 0.661. The minimum Gasteiger partial charge on any atom is -0.316 e. The first-order valence-electron chi connectivity index (χ1n) is 5.04. The van der Waals surface area contributed by atoms with Gasteiger partial charge < -0.3 is 10.1 Å². The molecule has 0 rings (SSSR count). The van der Waals surface area contributed by atoms with Gasteiger partial charge in [0.05, 0.1) is 0 Å². The van der Waals surface area contributed by atoms with Crippen LogP contribution in [-0.2, 0) is 4.79 Å². The lowest BCUT2D eigenvalue weighted by atomic mass is 10.2. The molecular weight excluding hydrogens is 162 g/mol. The highest BCUT2D eigenvalue weighted by molar-refractivity contribution is 5.72. The molecule has 0 amide bonds. The minimum atomic E-state index is 0.167. The van der Waals surface area contributed by atoms with Crippen molar-refractivity contribution in [2.45, 2.75) is 41.5 Å². The average Bonchev–Trinajstić information content (AvgIpc) is 1.83. The molecule has 0 fully saturated rings. The van der Waals surface area contributed by atoms with Gasteiger partial charge in [0.15, 0.2) is 0 Å². The van der Waals surface area contributed by atoms with Crippen LogP contribution in [0.15, 0.2) is 0 Å². The Morgan fingerprint density at radius 2 is 1.23 bits per heavy atom. The van der Waals surface area contributed by atoms with Gasteiger partial charge in [-0.05, 0) is 38.8 Å². The molecular formula is C11H25NO. The van der Waals surface area contributed by atoms with E-state index in [2.05, 4.69) is 33.0 Å². The highest BCUT2D eigenvalue weighted by atomic mass is 16.1. The molecule has 0 aromatic rings. The molecule has 80 valence electrons. The van der Waals surface area contributed by atoms with Gasteiger partial charge in [0, 0.05) is 0 Å². The zero-order chi connectivity index (χ0) is 10.9. The Kier molecular flexibility index (Phi) is 11.3. The Morgan fingerprint density at radius 1 is 1.00 bits per heavy atom. The molecule has 0 unspecified atom stereocenters. The van der Waals surface area contributed by atoms with Crippen LogP contribution in [0.4, 0.5) is 0 Å². The third-order valence-corrected chi connectivity index (χ3v) is 1.11. The summed E-state index contributed by atoms with van der Waals surface area (Å²) in [4.78, 5) is 9.44. The number of hydrogen-bond acceptors (Lipinski definition) is 2. The highest BCUT2D eigenvalue weighted by Gasteiger charge is 1.94. The largest absolute Gasteiger partial charge is 0.316 e. The van der Waals surface area contributed by atoms with Crippen LogP contribution in [-0.4, -0.2) is 18.9 Å². The summed E-state index contributed by atoms with van der Waals surface area (Å²) in [5.74, 6) is 1.73. The second-order valence-electron chi connectivity index (χ2n) is 4.35. The van der Waals surface area contributed by atoms with Crippen molar-refractivity contribution in [3.05, 3.63) is 0 Å². The Morgan fingerprint density at radius 3 is 1.38 bits per heavy atom. The molecule has 2 heteroatoms. The van der Waals surface area contributed by atoms with Gasteiger partial charge in [-0.2, -0.15) is 0 Å². The van der Waals surface area contributed by atoms with E-state index in [1.165, 1.54) is 13.8 Å². The molecule has 0 aromatic carbocycles. The second-order valence-corrected chi connectivity index (χ2v) is 4.35. The standard InChI is InChI=1S/C8H19N.C3H6O/c1-7(2)5-9-6-8(3)4;1-3(2)4/h7-9H,5-6H2,1-4H3;1-2H3. The Balaban J connectivity index is 0. The fourth-order valence-electron chi connectivity index (χ4n) is 0.661. The Hall–Kier alpha value is -0.370. The molecule has 0 heterocycles. The molecule has 13 heavy (non-hydrogen) atoms. The molecule has 0 aliphatic carbocycles. The summed E-state index contributed by atoms with van der Waals surface area (Å²) < 4.78 is 0. The molecule has 1 N–H and O–H groups in total. The number of carbonyl (C=O) groups is 1. The van der Waals surface area contributed by atoms with Crippen LogP contribution in [0.1, 0.15) is 41.5 Å². The van der Waals surface area contributed by atoms with E-state index in [0.717, 1.165) is 24.9 Å². The SMILES string of the molecule is CC(C)=O.CC(C)CNCC(C)C. The smallest absolute Gasteiger partial charge is 0.126 e. The maximum Gasteiger partial charge on any atom is 0.126 e. The van der Waals surface area contributed by atoms with Crippen LogP contribution < -0.4 is 5.32 Å². The van der Waals surface area contributed by atoms with Gasteiger partial charge in [0.2, 0.25) is 0 Å². The normalized spacial score (nSPS) is 9.85. The molecule has 0 atom stereocenters. The first-order valence-corrected chi connectivity index (χ1v) is 5.04. The number of rotatable bonds is 4. The summed E-state index contributed by atoms with van der Waals surface area (Å²) in [6, 6.07) is 0. The summed E-state index contributed by atoms with van der Waals surface area (Å²) in [6.07, 6.45) is 0. The predicted octanol–water partition coefficient (Wildman–Crippen LogP) is 2.48. The Bertz CT molecular complexity index is 107. The van der Waals surface area contributed by atoms with Gasteiger partial charge in [0.25, 0.3) is 0 Å². The molecule has 2 nitrogen and oxygen atoms in total. The minimum absolute atomic E-state index is 0.167. The van der Waals surface area contributed by atoms with Crippen LogP contribution in [0.25, 0.3) is 0 Å². The van der Waals surface area contributed by atoms with Crippen LogP contribution >= 0.6 is 0 Å². The molecule has 0 aliphatic rings. The van der Waals surface area contributed by atoms with Crippen molar-refractivity contribution in [3.63, 3.8) is 0 Å². The highest BCUT2D eigenvalue weighted by Crippen LogP contribution is 1.90. The van der Waals surface area contributed by atoms with Crippen LogP contribution in [0, 0.1) is 11.8 Å². The molecule has 0 aliphatic heterocycles. The lowest BCUT2D eigenvalue weighted by Crippen LogP contribution is -2.23. The van der Waals surface area contributed by atoms with E-state index in [0.29, 0.717) is 0 Å². The van der Waals surface area contributed by atoms with Crippen molar-refractivity contribution in [1.82, 2.24) is 5.32 Å². The van der Waals surface area contributed by atoms with Crippen LogP contribution in [0.5, 0.6) is 0 Å². The average molecular weight is 187 g/mol. The van der Waals surface area contributed by atoms with Crippen LogP contribution in [0.3, 0.4) is 0 Å². The summed E-state index contributed by atoms with van der Waals surface area (Å²) in [5.41, 5.74) is 0. The van der Waals surface area contributed by atoms with Gasteiger partial charge in [0.1, 0.15) is 5.78 Å². The molecule has 0 aromatic heterocycles. The van der Waals surface area contributed by atoms with Gasteiger partial charge in [-0.25, -0.2) is 0 Å². The van der Waals surface area contributed by atoms with Crippen LogP contribution in [0.2, 0.25) is 0 Å². The van der Waals surface area contributed by atoms with E-state index in [1.54, 1.807) is 0 Å². The van der Waals surface area contributed by atoms with Crippen molar-refractivity contribution < 1.29 is 4.79 Å². The van der Waals surface area contributed by atoms with E-state index in [1.807, 2.05) is 0 Å². The van der Waals surface area contributed by atoms with E-state index in [4.69, 9.17) is 0 Å². The van der Waals surface area contributed by atoms with Gasteiger partial charge in [-0.1, -0.05) is 27.7 Å². The topological polar surface area (TPSA) is 29.1 Å². The maximum atomic E-state index is 9.44. The third-order valence-electron chi connectivity index (χ3n) is 1.11. The second kappa shape index (κ2) is 9.72. The zero-order valence-electron chi connectivity index (χ0n) is 9.98. The molecule has 0 saturated carbocycles. The lowest BCUT2D eigenvalue weighted by molar-refractivity contribution is -0.114. The zero-order valence-corrected chi connectivity index (χ0v) is 9.98. The van der Waals surface area contributed by atoms with E-state index in [-0.39, 0.29) is 5.78 Å². The summed E-state index contributed by atoms with van der Waals surface area (Å²) in [6.45, 7) is 14.3. The van der Waals surface area contributed by atoms with Gasteiger partial charge in [-0.3, -0.25) is 0 Å². The third kappa shape index (κ3) is 34.0. The monoisotopic (exact) mass is 187 g/mol. The number of Topliss-reactive ketones (excluding diaryl/α,β-unsaturated/α-hetero) is 1. The van der Waals surface area contributed by atoms with Crippen molar-refractivity contribution in [1.29, 1.82) is 0 Å². The van der Waals surface area contributed by atoms with E-state index < -0.39 is 0 Å². The summed E-state index contributed by atoms with van der Waals surface area (Å²) in [5, 5.41) is 3.38. The lowest BCUT2D eigenvalue weighted by Gasteiger charge is -2.08. The predicted molar refractivity (Wildman–Crippen MR) is 58.9 cm³/mol. The van der Waals surface area contributed by atoms with Crippen molar-refractivity contribution in [2.24, 2.45) is 11.8 Å². The first kappa shape index (κ1) is 15.1. The van der Waals surface area contributed by atoms with E-state index >= 15 is 0 Å². The number of ketones is 1. The first-order chi connectivity index (χ1) is 5.86. The number of carbonyl (C=O) groups excluding carboxylic acids is 1. The molecule has 0 radical (unpaired) electrons. The summed E-state index contributed by atoms with van der Waals surface area (Å²) >= 11 is 0. The van der Waals surface area contributed by atoms with Gasteiger partial charge in [-0.15, -0.1) is 0 Å². The molecule has 0 bridgehead atoms. The molecule has 0 saturated heterocycles. The Labute approximate surface area is 83.1 Å². The quantitative estimate of drug-likeness (QED) is 0.732. The maximum absolute atomic E-state index is 9.44. The van der Waals surface area contributed by atoms with Gasteiger partial charge >= 0.3 is 0 Å². The van der Waals surface area contributed by atoms with E-state index in [9.17, 15) is 4.79 Å².